The Balaban J connectivity index is 1.44. The summed E-state index contributed by atoms with van der Waals surface area (Å²) in [5, 5.41) is 0. The summed E-state index contributed by atoms with van der Waals surface area (Å²) in [5.41, 5.74) is 1.28. The van der Waals surface area contributed by atoms with Crippen LogP contribution >= 0.6 is 0 Å². The van der Waals surface area contributed by atoms with Crippen molar-refractivity contribution in [3.05, 3.63) is 53.7 Å². The molecule has 0 aliphatic carbocycles. The summed E-state index contributed by atoms with van der Waals surface area (Å²) < 4.78 is 5.83. The van der Waals surface area contributed by atoms with Gasteiger partial charge in [0, 0.05) is 38.4 Å². The zero-order valence-electron chi connectivity index (χ0n) is 14.2. The second-order valence-corrected chi connectivity index (χ2v) is 6.67. The van der Waals surface area contributed by atoms with E-state index < -0.39 is 0 Å². The average Bonchev–Trinajstić information content (AvgIpc) is 3.18. The van der Waals surface area contributed by atoms with Gasteiger partial charge >= 0.3 is 0 Å². The zero-order chi connectivity index (χ0) is 16.1. The van der Waals surface area contributed by atoms with Crippen LogP contribution in [0.3, 0.4) is 0 Å². The van der Waals surface area contributed by atoms with Crippen molar-refractivity contribution < 1.29 is 4.42 Å². The molecule has 1 saturated heterocycles. The molecular formula is C19H27N3O. The third-order valence-corrected chi connectivity index (χ3v) is 4.56. The normalized spacial score (nSPS) is 18.8. The van der Waals surface area contributed by atoms with Gasteiger partial charge in [-0.3, -0.25) is 9.88 Å². The fraction of sp³-hybridized carbons (Fsp3) is 0.526. The molecule has 0 spiro atoms. The Hall–Kier alpha value is -1.65. The van der Waals surface area contributed by atoms with Gasteiger partial charge in [0.2, 0.25) is 0 Å². The van der Waals surface area contributed by atoms with E-state index in [1.54, 1.807) is 0 Å². The minimum Gasteiger partial charge on any atom is -0.465 e. The molecule has 1 aliphatic heterocycles. The second-order valence-electron chi connectivity index (χ2n) is 6.67. The van der Waals surface area contributed by atoms with E-state index in [4.69, 9.17) is 4.42 Å². The highest BCUT2D eigenvalue weighted by Crippen LogP contribution is 2.21. The van der Waals surface area contributed by atoms with Crippen LogP contribution in [0.4, 0.5) is 0 Å². The zero-order valence-corrected chi connectivity index (χ0v) is 14.2. The van der Waals surface area contributed by atoms with E-state index in [9.17, 15) is 0 Å². The lowest BCUT2D eigenvalue weighted by Gasteiger charge is -2.21. The van der Waals surface area contributed by atoms with Gasteiger partial charge < -0.3 is 9.32 Å². The number of furan rings is 1. The van der Waals surface area contributed by atoms with Gasteiger partial charge in [-0.1, -0.05) is 13.0 Å². The molecule has 0 radical (unpaired) electrons. The Morgan fingerprint density at radius 2 is 2.17 bits per heavy atom. The predicted octanol–water partition coefficient (Wildman–Crippen LogP) is 3.19. The molecule has 1 fully saturated rings. The first-order valence-corrected chi connectivity index (χ1v) is 8.60. The maximum atomic E-state index is 5.83. The van der Waals surface area contributed by atoms with Gasteiger partial charge in [0.05, 0.1) is 6.54 Å². The first-order chi connectivity index (χ1) is 11.2. The van der Waals surface area contributed by atoms with Crippen LogP contribution in [-0.4, -0.2) is 41.5 Å². The predicted molar refractivity (Wildman–Crippen MR) is 92.0 cm³/mol. The number of likely N-dealkylation sites (tertiary alicyclic amines) is 1. The SMILES string of the molecule is CCc1ccc(CN2CC[C@H](CN(C)Cc3cccnc3)C2)o1. The van der Waals surface area contributed by atoms with Gasteiger partial charge in [-0.05, 0) is 49.7 Å². The van der Waals surface area contributed by atoms with Crippen LogP contribution in [0.2, 0.25) is 0 Å². The quantitative estimate of drug-likeness (QED) is 0.786. The van der Waals surface area contributed by atoms with E-state index in [1.165, 1.54) is 25.1 Å². The van der Waals surface area contributed by atoms with Crippen molar-refractivity contribution in [2.75, 3.05) is 26.7 Å². The molecule has 0 bridgehead atoms. The minimum absolute atomic E-state index is 0.747. The molecule has 3 rings (SSSR count). The van der Waals surface area contributed by atoms with Crippen LogP contribution in [0.1, 0.15) is 30.4 Å². The lowest BCUT2D eigenvalue weighted by molar-refractivity contribution is 0.245. The molecule has 0 saturated carbocycles. The van der Waals surface area contributed by atoms with Crippen LogP contribution in [0.15, 0.2) is 41.1 Å². The fourth-order valence-corrected chi connectivity index (χ4v) is 3.43. The maximum absolute atomic E-state index is 5.83. The Morgan fingerprint density at radius 1 is 1.30 bits per heavy atom. The monoisotopic (exact) mass is 313 g/mol. The minimum atomic E-state index is 0.747. The van der Waals surface area contributed by atoms with Crippen molar-refractivity contribution in [1.29, 1.82) is 0 Å². The molecule has 0 unspecified atom stereocenters. The number of rotatable bonds is 7. The number of hydrogen-bond acceptors (Lipinski definition) is 4. The van der Waals surface area contributed by atoms with Crippen molar-refractivity contribution in [3.8, 4) is 0 Å². The summed E-state index contributed by atoms with van der Waals surface area (Å²) in [7, 11) is 2.20. The molecule has 124 valence electrons. The van der Waals surface area contributed by atoms with E-state index >= 15 is 0 Å². The van der Waals surface area contributed by atoms with Crippen LogP contribution in [-0.2, 0) is 19.5 Å². The molecule has 23 heavy (non-hydrogen) atoms. The van der Waals surface area contributed by atoms with Crippen molar-refractivity contribution in [1.82, 2.24) is 14.8 Å². The lowest BCUT2D eigenvalue weighted by atomic mass is 10.1. The van der Waals surface area contributed by atoms with Gasteiger partial charge in [-0.25, -0.2) is 0 Å². The van der Waals surface area contributed by atoms with E-state index in [-0.39, 0.29) is 0 Å². The summed E-state index contributed by atoms with van der Waals surface area (Å²) in [5.74, 6) is 2.94. The molecule has 2 aromatic heterocycles. The molecule has 1 atom stereocenters. The lowest BCUT2D eigenvalue weighted by Crippen LogP contribution is -2.28. The number of hydrogen-bond donors (Lipinski definition) is 0. The maximum Gasteiger partial charge on any atom is 0.118 e. The van der Waals surface area contributed by atoms with Crippen LogP contribution in [0, 0.1) is 5.92 Å². The van der Waals surface area contributed by atoms with Crippen molar-refractivity contribution >= 4 is 0 Å². The summed E-state index contributed by atoms with van der Waals surface area (Å²) in [6, 6.07) is 8.38. The molecule has 2 aromatic rings. The van der Waals surface area contributed by atoms with E-state index in [1.807, 2.05) is 18.5 Å². The van der Waals surface area contributed by atoms with Crippen molar-refractivity contribution in [3.63, 3.8) is 0 Å². The van der Waals surface area contributed by atoms with Crippen LogP contribution in [0.25, 0.3) is 0 Å². The Kier molecular flexibility index (Phi) is 5.47. The van der Waals surface area contributed by atoms with Crippen LogP contribution < -0.4 is 0 Å². The number of aryl methyl sites for hydroxylation is 1. The van der Waals surface area contributed by atoms with E-state index in [2.05, 4.69) is 47.0 Å². The average molecular weight is 313 g/mol. The summed E-state index contributed by atoms with van der Waals surface area (Å²) >= 11 is 0. The van der Waals surface area contributed by atoms with E-state index in [0.29, 0.717) is 0 Å². The highest BCUT2D eigenvalue weighted by atomic mass is 16.3. The standard InChI is InChI=1S/C19H27N3O/c1-3-18-6-7-19(23-18)15-22-10-8-17(14-22)13-21(2)12-16-5-4-9-20-11-16/h4-7,9,11,17H,3,8,10,12-15H2,1-2H3/t17-/m1/s1. The third-order valence-electron chi connectivity index (χ3n) is 4.56. The molecule has 0 N–H and O–H groups in total. The van der Waals surface area contributed by atoms with Gasteiger partial charge in [-0.2, -0.15) is 0 Å². The molecule has 4 heteroatoms. The molecule has 3 heterocycles. The third kappa shape index (κ3) is 4.66. The smallest absolute Gasteiger partial charge is 0.118 e. The first-order valence-electron chi connectivity index (χ1n) is 8.60. The van der Waals surface area contributed by atoms with Gasteiger partial charge in [-0.15, -0.1) is 0 Å². The topological polar surface area (TPSA) is 32.5 Å². The fourth-order valence-electron chi connectivity index (χ4n) is 3.43. The molecular weight excluding hydrogens is 286 g/mol. The molecule has 4 nitrogen and oxygen atoms in total. The highest BCUT2D eigenvalue weighted by molar-refractivity contribution is 5.08. The summed E-state index contributed by atoms with van der Waals surface area (Å²) in [4.78, 5) is 9.12. The Bertz CT molecular complexity index is 596. The Morgan fingerprint density at radius 3 is 2.91 bits per heavy atom. The summed E-state index contributed by atoms with van der Waals surface area (Å²) in [6.07, 6.45) is 6.04. The number of aromatic nitrogens is 1. The Labute approximate surface area is 139 Å². The van der Waals surface area contributed by atoms with Crippen LogP contribution in [0.5, 0.6) is 0 Å². The number of nitrogens with zero attached hydrogens (tertiary/aromatic N) is 3. The van der Waals surface area contributed by atoms with Crippen molar-refractivity contribution in [2.45, 2.75) is 32.9 Å². The van der Waals surface area contributed by atoms with Gasteiger partial charge in [0.15, 0.2) is 0 Å². The largest absolute Gasteiger partial charge is 0.465 e. The molecule has 1 aliphatic rings. The van der Waals surface area contributed by atoms with Gasteiger partial charge in [0.1, 0.15) is 11.5 Å². The second kappa shape index (κ2) is 7.75. The first kappa shape index (κ1) is 16.2. The van der Waals surface area contributed by atoms with Gasteiger partial charge in [0.25, 0.3) is 0 Å². The highest BCUT2D eigenvalue weighted by Gasteiger charge is 2.24. The number of pyridine rings is 1. The van der Waals surface area contributed by atoms with E-state index in [0.717, 1.165) is 43.5 Å². The molecule has 0 aromatic carbocycles. The molecule has 0 amide bonds. The summed E-state index contributed by atoms with van der Waals surface area (Å²) in [6.45, 7) is 7.54. The van der Waals surface area contributed by atoms with Crippen molar-refractivity contribution in [2.24, 2.45) is 5.92 Å².